The van der Waals surface area contributed by atoms with Crippen molar-refractivity contribution in [2.24, 2.45) is 13.0 Å². The number of esters is 1. The van der Waals surface area contributed by atoms with E-state index in [-0.39, 0.29) is 22.2 Å². The largest absolute Gasteiger partial charge is 0.451 e. The van der Waals surface area contributed by atoms with Crippen LogP contribution in [0, 0.1) is 12.8 Å². The third-order valence-corrected chi connectivity index (χ3v) is 6.12. The fourth-order valence-corrected chi connectivity index (χ4v) is 3.82. The molecule has 1 aromatic heterocycles. The molecule has 2 N–H and O–H groups in total. The van der Waals surface area contributed by atoms with Crippen LogP contribution in [0.5, 0.6) is 0 Å². The Kier molecular flexibility index (Phi) is 8.37. The number of nitrogens with one attached hydrogen (secondary N) is 2. The maximum Gasteiger partial charge on any atom is 0.329 e. The van der Waals surface area contributed by atoms with Crippen molar-refractivity contribution in [1.82, 2.24) is 14.7 Å². The van der Waals surface area contributed by atoms with Gasteiger partial charge in [0.15, 0.2) is 6.10 Å². The first-order valence-corrected chi connectivity index (χ1v) is 11.8. The van der Waals surface area contributed by atoms with Gasteiger partial charge in [-0.3, -0.25) is 19.1 Å². The van der Waals surface area contributed by atoms with E-state index in [1.54, 1.807) is 81.0 Å². The van der Waals surface area contributed by atoms with E-state index in [1.165, 1.54) is 11.6 Å². The molecule has 1 heterocycles. The van der Waals surface area contributed by atoms with Crippen molar-refractivity contribution in [3.8, 4) is 5.69 Å². The number of para-hydroxylation sites is 1. The summed E-state index contributed by atoms with van der Waals surface area (Å²) in [5.74, 6) is -2.31. The molecule has 2 amide bonds. The number of benzene rings is 2. The number of aromatic nitrogens is 2. The van der Waals surface area contributed by atoms with Crippen molar-refractivity contribution < 1.29 is 19.1 Å². The first-order chi connectivity index (χ1) is 17.0. The Hall–Kier alpha value is -3.85. The molecule has 0 spiro atoms. The van der Waals surface area contributed by atoms with E-state index < -0.39 is 35.5 Å². The number of carbonyl (C=O) groups excluding carboxylic acids is 3. The summed E-state index contributed by atoms with van der Waals surface area (Å²) in [7, 11) is 1.71. The molecule has 0 fully saturated rings. The molecule has 0 saturated carbocycles. The average molecular weight is 513 g/mol. The number of hydrogen-bond acceptors (Lipinski definition) is 5. The Balaban J connectivity index is 1.72. The van der Waals surface area contributed by atoms with Gasteiger partial charge < -0.3 is 15.4 Å². The third kappa shape index (κ3) is 5.68. The van der Waals surface area contributed by atoms with Crippen molar-refractivity contribution in [2.75, 3.05) is 5.32 Å². The van der Waals surface area contributed by atoms with Gasteiger partial charge in [0.05, 0.1) is 22.0 Å². The Labute approximate surface area is 214 Å². The predicted octanol–water partition coefficient (Wildman–Crippen LogP) is 3.46. The third-order valence-electron chi connectivity index (χ3n) is 5.79. The fourth-order valence-electron chi connectivity index (χ4n) is 3.60. The van der Waals surface area contributed by atoms with Crippen LogP contribution in [0.15, 0.2) is 59.4 Å². The van der Waals surface area contributed by atoms with E-state index in [0.29, 0.717) is 11.4 Å². The number of anilines is 1. The number of amides is 2. The predicted molar refractivity (Wildman–Crippen MR) is 137 cm³/mol. The number of nitrogens with zero attached hydrogens (tertiary/aromatic N) is 2. The van der Waals surface area contributed by atoms with Crippen LogP contribution in [0.1, 0.15) is 36.8 Å². The van der Waals surface area contributed by atoms with E-state index in [4.69, 9.17) is 16.3 Å². The summed E-state index contributed by atoms with van der Waals surface area (Å²) >= 11 is 6.08. The van der Waals surface area contributed by atoms with Crippen LogP contribution < -0.4 is 16.2 Å². The Bertz CT molecular complexity index is 1330. The van der Waals surface area contributed by atoms with Crippen LogP contribution in [-0.2, 0) is 21.4 Å². The van der Waals surface area contributed by atoms with Gasteiger partial charge in [-0.15, -0.1) is 0 Å². The number of rotatable bonds is 8. The molecule has 2 atom stereocenters. The molecule has 3 rings (SSSR count). The standard InChI is InChI=1S/C26H29ClN4O5/c1-15(2)21(28-24(33)19-13-9-10-14-20(19)27)26(35)36-17(4)23(32)29-22-16(3)30(5)31(25(22)34)18-11-7-6-8-12-18/h6-15,17,21H,1-5H3,(H,28,33)(H,29,32)/t17?,21-/m0/s1. The van der Waals surface area contributed by atoms with Crippen LogP contribution in [0.3, 0.4) is 0 Å². The zero-order chi connectivity index (χ0) is 26.6. The average Bonchev–Trinajstić information content (AvgIpc) is 3.05. The van der Waals surface area contributed by atoms with E-state index >= 15 is 0 Å². The molecular formula is C26H29ClN4O5. The molecule has 36 heavy (non-hydrogen) atoms. The van der Waals surface area contributed by atoms with Gasteiger partial charge in [0.1, 0.15) is 11.7 Å². The summed E-state index contributed by atoms with van der Waals surface area (Å²) in [4.78, 5) is 51.4. The zero-order valence-electron chi connectivity index (χ0n) is 20.7. The lowest BCUT2D eigenvalue weighted by Crippen LogP contribution is -2.47. The molecule has 0 aliphatic heterocycles. The summed E-state index contributed by atoms with van der Waals surface area (Å²) in [6.07, 6.45) is -1.22. The molecule has 0 radical (unpaired) electrons. The lowest BCUT2D eigenvalue weighted by molar-refractivity contribution is -0.156. The van der Waals surface area contributed by atoms with Gasteiger partial charge in [-0.25, -0.2) is 9.48 Å². The fraction of sp³-hybridized carbons (Fsp3) is 0.308. The highest BCUT2D eigenvalue weighted by molar-refractivity contribution is 6.33. The van der Waals surface area contributed by atoms with Crippen LogP contribution >= 0.6 is 11.6 Å². The minimum Gasteiger partial charge on any atom is -0.451 e. The number of hydrogen-bond donors (Lipinski definition) is 2. The van der Waals surface area contributed by atoms with Crippen LogP contribution in [0.25, 0.3) is 5.69 Å². The SMILES string of the molecule is Cc1c(NC(=O)C(C)OC(=O)[C@@H](NC(=O)c2ccccc2Cl)C(C)C)c(=O)n(-c2ccccc2)n1C. The van der Waals surface area contributed by atoms with Gasteiger partial charge in [-0.2, -0.15) is 0 Å². The molecule has 9 nitrogen and oxygen atoms in total. The van der Waals surface area contributed by atoms with Gasteiger partial charge in [0.25, 0.3) is 17.4 Å². The van der Waals surface area contributed by atoms with Gasteiger partial charge >= 0.3 is 5.97 Å². The van der Waals surface area contributed by atoms with Crippen molar-refractivity contribution in [3.05, 3.63) is 81.2 Å². The lowest BCUT2D eigenvalue weighted by Gasteiger charge is -2.23. The van der Waals surface area contributed by atoms with Crippen molar-refractivity contribution in [1.29, 1.82) is 0 Å². The summed E-state index contributed by atoms with van der Waals surface area (Å²) < 4.78 is 8.42. The van der Waals surface area contributed by atoms with Gasteiger partial charge in [0.2, 0.25) is 0 Å². The Morgan fingerprint density at radius 3 is 2.19 bits per heavy atom. The monoisotopic (exact) mass is 512 g/mol. The molecule has 0 aliphatic rings. The molecule has 0 bridgehead atoms. The summed E-state index contributed by atoms with van der Waals surface area (Å²) in [6.45, 7) is 6.58. The van der Waals surface area contributed by atoms with Gasteiger partial charge in [-0.05, 0) is 44.0 Å². The highest BCUT2D eigenvalue weighted by Gasteiger charge is 2.30. The highest BCUT2D eigenvalue weighted by atomic mass is 35.5. The van der Waals surface area contributed by atoms with Crippen LogP contribution in [-0.4, -0.2) is 39.3 Å². The van der Waals surface area contributed by atoms with Crippen molar-refractivity contribution in [2.45, 2.75) is 39.8 Å². The van der Waals surface area contributed by atoms with Gasteiger partial charge in [0, 0.05) is 7.05 Å². The second-order valence-electron chi connectivity index (χ2n) is 8.68. The highest BCUT2D eigenvalue weighted by Crippen LogP contribution is 2.17. The molecule has 1 unspecified atom stereocenters. The quantitative estimate of drug-likeness (QED) is 0.449. The van der Waals surface area contributed by atoms with Crippen molar-refractivity contribution >= 4 is 35.1 Å². The summed E-state index contributed by atoms with van der Waals surface area (Å²) in [5.41, 5.74) is 1.06. The maximum atomic E-state index is 13.0. The Morgan fingerprint density at radius 1 is 0.972 bits per heavy atom. The number of ether oxygens (including phenoxy) is 1. The van der Waals surface area contributed by atoms with Crippen LogP contribution in [0.2, 0.25) is 5.02 Å². The molecule has 10 heteroatoms. The van der Waals surface area contributed by atoms with E-state index in [9.17, 15) is 19.2 Å². The smallest absolute Gasteiger partial charge is 0.329 e. The van der Waals surface area contributed by atoms with Crippen molar-refractivity contribution in [3.63, 3.8) is 0 Å². The van der Waals surface area contributed by atoms with Gasteiger partial charge in [-0.1, -0.05) is 55.8 Å². The number of carbonyl (C=O) groups is 3. The summed E-state index contributed by atoms with van der Waals surface area (Å²) in [6, 6.07) is 14.5. The molecule has 3 aromatic rings. The minimum atomic E-state index is -1.22. The minimum absolute atomic E-state index is 0.0849. The lowest BCUT2D eigenvalue weighted by atomic mass is 10.0. The zero-order valence-corrected chi connectivity index (χ0v) is 21.5. The summed E-state index contributed by atoms with van der Waals surface area (Å²) in [5, 5.41) is 5.46. The molecule has 0 saturated heterocycles. The first-order valence-electron chi connectivity index (χ1n) is 11.4. The first kappa shape index (κ1) is 26.7. The van der Waals surface area contributed by atoms with Crippen LogP contribution in [0.4, 0.5) is 5.69 Å². The normalized spacial score (nSPS) is 12.6. The maximum absolute atomic E-state index is 13.0. The Morgan fingerprint density at radius 2 is 1.58 bits per heavy atom. The second-order valence-corrected chi connectivity index (χ2v) is 9.09. The van der Waals surface area contributed by atoms with E-state index in [1.807, 2.05) is 6.07 Å². The second kappa shape index (κ2) is 11.3. The molecule has 190 valence electrons. The molecule has 0 aliphatic carbocycles. The van der Waals surface area contributed by atoms with E-state index in [0.717, 1.165) is 0 Å². The molecule has 2 aromatic carbocycles. The van der Waals surface area contributed by atoms with E-state index in [2.05, 4.69) is 10.6 Å². The number of halogens is 1. The topological polar surface area (TPSA) is 111 Å². The molecular weight excluding hydrogens is 484 g/mol.